The molecule has 0 saturated carbocycles. The summed E-state index contributed by atoms with van der Waals surface area (Å²) >= 11 is 0. The predicted octanol–water partition coefficient (Wildman–Crippen LogP) is 0.892. The third kappa shape index (κ3) is 1.55. The van der Waals surface area contributed by atoms with Crippen LogP contribution in [-0.4, -0.2) is 26.2 Å². The van der Waals surface area contributed by atoms with E-state index in [9.17, 15) is 9.18 Å². The van der Waals surface area contributed by atoms with E-state index < -0.39 is 17.3 Å². The lowest BCUT2D eigenvalue weighted by atomic mass is 10.2. The van der Waals surface area contributed by atoms with Gasteiger partial charge in [-0.15, -0.1) is 0 Å². The first kappa shape index (κ1) is 9.60. The Kier molecular flexibility index (Phi) is 2.12. The highest BCUT2D eigenvalue weighted by atomic mass is 19.1. The van der Waals surface area contributed by atoms with Gasteiger partial charge < -0.3 is 15.2 Å². The van der Waals surface area contributed by atoms with E-state index in [1.807, 2.05) is 0 Å². The number of fused-ring (bicyclic) bond motifs is 1. The zero-order valence-corrected chi connectivity index (χ0v) is 7.49. The second kappa shape index (κ2) is 3.32. The van der Waals surface area contributed by atoms with Gasteiger partial charge in [-0.25, -0.2) is 14.2 Å². The van der Waals surface area contributed by atoms with Gasteiger partial charge in [-0.1, -0.05) is 0 Å². The number of aromatic amines is 1. The molecule has 0 atom stereocenters. The van der Waals surface area contributed by atoms with Gasteiger partial charge in [0, 0.05) is 6.07 Å². The molecule has 5 nitrogen and oxygen atoms in total. The molecule has 2 rings (SSSR count). The number of hydrogen-bond acceptors (Lipinski definition) is 3. The standard InChI is InChI=1S/C9H7FN2O3/c10-5-2-7-6(1-4(5)9(14)15)11-8(3-13)12-7/h1-2,13H,3H2,(H,11,12)(H,14,15). The number of hydrogen-bond donors (Lipinski definition) is 3. The summed E-state index contributed by atoms with van der Waals surface area (Å²) in [7, 11) is 0. The Bertz CT molecular complexity index is 535. The number of aliphatic hydroxyl groups is 1. The van der Waals surface area contributed by atoms with Gasteiger partial charge in [0.2, 0.25) is 0 Å². The minimum atomic E-state index is -1.34. The number of aliphatic hydroxyl groups excluding tert-OH is 1. The highest BCUT2D eigenvalue weighted by Gasteiger charge is 2.13. The summed E-state index contributed by atoms with van der Waals surface area (Å²) in [6.07, 6.45) is 0. The molecule has 15 heavy (non-hydrogen) atoms. The molecule has 0 aliphatic rings. The smallest absolute Gasteiger partial charge is 0.338 e. The van der Waals surface area contributed by atoms with Gasteiger partial charge >= 0.3 is 5.97 Å². The molecule has 1 aromatic carbocycles. The maximum absolute atomic E-state index is 13.2. The molecule has 0 bridgehead atoms. The Morgan fingerprint density at radius 1 is 1.53 bits per heavy atom. The molecule has 0 unspecified atom stereocenters. The van der Waals surface area contributed by atoms with E-state index >= 15 is 0 Å². The van der Waals surface area contributed by atoms with Crippen molar-refractivity contribution < 1.29 is 19.4 Å². The number of nitrogens with one attached hydrogen (secondary N) is 1. The molecule has 0 aliphatic carbocycles. The number of carbonyl (C=O) groups is 1. The Hall–Kier alpha value is -1.95. The normalized spacial score (nSPS) is 10.8. The SMILES string of the molecule is O=C(O)c1cc2nc(CO)[nH]c2cc1F. The third-order valence-electron chi connectivity index (χ3n) is 2.00. The van der Waals surface area contributed by atoms with Crippen LogP contribution in [-0.2, 0) is 6.61 Å². The maximum atomic E-state index is 13.2. The highest BCUT2D eigenvalue weighted by Crippen LogP contribution is 2.17. The molecule has 6 heteroatoms. The van der Waals surface area contributed by atoms with Crippen LogP contribution in [0.4, 0.5) is 4.39 Å². The Balaban J connectivity index is 2.68. The van der Waals surface area contributed by atoms with Gasteiger partial charge in [-0.2, -0.15) is 0 Å². The van der Waals surface area contributed by atoms with Crippen molar-refractivity contribution in [2.75, 3.05) is 0 Å². The minimum absolute atomic E-state index is 0.270. The number of imidazole rings is 1. The molecule has 2 aromatic rings. The third-order valence-corrected chi connectivity index (χ3v) is 2.00. The van der Waals surface area contributed by atoms with Crippen molar-refractivity contribution in [2.45, 2.75) is 6.61 Å². The number of halogens is 1. The largest absolute Gasteiger partial charge is 0.478 e. The van der Waals surface area contributed by atoms with Crippen LogP contribution in [0.15, 0.2) is 12.1 Å². The first-order valence-electron chi connectivity index (χ1n) is 4.14. The average Bonchev–Trinajstić information content (AvgIpc) is 2.58. The van der Waals surface area contributed by atoms with Crippen molar-refractivity contribution in [2.24, 2.45) is 0 Å². The lowest BCUT2D eigenvalue weighted by molar-refractivity contribution is 0.0692. The fourth-order valence-electron chi connectivity index (χ4n) is 1.32. The molecule has 0 saturated heterocycles. The summed E-state index contributed by atoms with van der Waals surface area (Å²) in [5.74, 6) is -1.90. The molecule has 3 N–H and O–H groups in total. The maximum Gasteiger partial charge on any atom is 0.338 e. The van der Waals surface area contributed by atoms with Gasteiger partial charge in [-0.05, 0) is 6.07 Å². The zero-order chi connectivity index (χ0) is 11.0. The summed E-state index contributed by atoms with van der Waals surface area (Å²) in [6.45, 7) is -0.307. The molecule has 0 aliphatic heterocycles. The van der Waals surface area contributed by atoms with E-state index in [-0.39, 0.29) is 12.4 Å². The van der Waals surface area contributed by atoms with E-state index in [2.05, 4.69) is 9.97 Å². The van der Waals surface area contributed by atoms with Crippen LogP contribution in [0.3, 0.4) is 0 Å². The predicted molar refractivity (Wildman–Crippen MR) is 48.9 cm³/mol. The van der Waals surface area contributed by atoms with Crippen molar-refractivity contribution in [1.29, 1.82) is 0 Å². The molecule has 1 heterocycles. The molecular formula is C9H7FN2O3. The monoisotopic (exact) mass is 210 g/mol. The molecule has 0 radical (unpaired) electrons. The van der Waals surface area contributed by atoms with Crippen LogP contribution in [0, 0.1) is 5.82 Å². The quantitative estimate of drug-likeness (QED) is 0.687. The topological polar surface area (TPSA) is 86.2 Å². The summed E-state index contributed by atoms with van der Waals surface area (Å²) < 4.78 is 13.2. The summed E-state index contributed by atoms with van der Waals surface area (Å²) in [6, 6.07) is 2.17. The molecular weight excluding hydrogens is 203 g/mol. The molecule has 0 amide bonds. The van der Waals surface area contributed by atoms with Crippen LogP contribution in [0.25, 0.3) is 11.0 Å². The lowest BCUT2D eigenvalue weighted by Gasteiger charge is -1.95. The number of carboxylic acid groups (broad SMARTS) is 1. The lowest BCUT2D eigenvalue weighted by Crippen LogP contribution is -1.99. The summed E-state index contributed by atoms with van der Waals surface area (Å²) in [5, 5.41) is 17.4. The zero-order valence-electron chi connectivity index (χ0n) is 7.49. The van der Waals surface area contributed by atoms with Crippen molar-refractivity contribution in [3.8, 4) is 0 Å². The molecule has 1 aromatic heterocycles. The summed E-state index contributed by atoms with van der Waals surface area (Å²) in [4.78, 5) is 17.2. The van der Waals surface area contributed by atoms with E-state index in [0.29, 0.717) is 11.0 Å². The van der Waals surface area contributed by atoms with Gasteiger partial charge in [0.25, 0.3) is 0 Å². The average molecular weight is 210 g/mol. The first-order chi connectivity index (χ1) is 7.11. The number of carboxylic acids is 1. The van der Waals surface area contributed by atoms with Crippen LogP contribution in [0.2, 0.25) is 0 Å². The van der Waals surface area contributed by atoms with Gasteiger partial charge in [-0.3, -0.25) is 0 Å². The van der Waals surface area contributed by atoms with Crippen LogP contribution in [0.5, 0.6) is 0 Å². The fraction of sp³-hybridized carbons (Fsp3) is 0.111. The Labute approximate surface area is 83.2 Å². The first-order valence-corrected chi connectivity index (χ1v) is 4.14. The Morgan fingerprint density at radius 2 is 2.27 bits per heavy atom. The van der Waals surface area contributed by atoms with Crippen molar-refractivity contribution in [3.05, 3.63) is 29.3 Å². The second-order valence-corrected chi connectivity index (χ2v) is 3.00. The fourth-order valence-corrected chi connectivity index (χ4v) is 1.32. The molecule has 0 spiro atoms. The minimum Gasteiger partial charge on any atom is -0.478 e. The van der Waals surface area contributed by atoms with E-state index in [4.69, 9.17) is 10.2 Å². The van der Waals surface area contributed by atoms with Crippen LogP contribution in [0.1, 0.15) is 16.2 Å². The van der Waals surface area contributed by atoms with Gasteiger partial charge in [0.15, 0.2) is 0 Å². The van der Waals surface area contributed by atoms with Crippen molar-refractivity contribution >= 4 is 17.0 Å². The van der Waals surface area contributed by atoms with E-state index in [1.165, 1.54) is 0 Å². The number of rotatable bonds is 2. The van der Waals surface area contributed by atoms with E-state index in [1.54, 1.807) is 0 Å². The number of nitrogens with zero attached hydrogens (tertiary/aromatic N) is 1. The van der Waals surface area contributed by atoms with Crippen molar-refractivity contribution in [1.82, 2.24) is 9.97 Å². The number of aromatic carboxylic acids is 1. The molecule has 78 valence electrons. The number of aromatic nitrogens is 2. The van der Waals surface area contributed by atoms with Crippen LogP contribution < -0.4 is 0 Å². The van der Waals surface area contributed by atoms with E-state index in [0.717, 1.165) is 12.1 Å². The van der Waals surface area contributed by atoms with Crippen LogP contribution >= 0.6 is 0 Å². The highest BCUT2D eigenvalue weighted by molar-refractivity contribution is 5.92. The van der Waals surface area contributed by atoms with Gasteiger partial charge in [0.1, 0.15) is 18.2 Å². The molecule has 0 fully saturated rings. The van der Waals surface area contributed by atoms with Gasteiger partial charge in [0.05, 0.1) is 16.6 Å². The summed E-state index contributed by atoms with van der Waals surface area (Å²) in [5.41, 5.74) is 0.248. The number of H-pyrrole nitrogens is 1. The number of benzene rings is 1. The van der Waals surface area contributed by atoms with Crippen molar-refractivity contribution in [3.63, 3.8) is 0 Å². The Morgan fingerprint density at radius 3 is 2.87 bits per heavy atom. The second-order valence-electron chi connectivity index (χ2n) is 3.00.